The van der Waals surface area contributed by atoms with Crippen LogP contribution in [0.2, 0.25) is 0 Å². The van der Waals surface area contributed by atoms with Crippen LogP contribution >= 0.6 is 0 Å². The molecule has 2 unspecified atom stereocenters. The summed E-state index contributed by atoms with van der Waals surface area (Å²) >= 11 is 0. The lowest BCUT2D eigenvalue weighted by molar-refractivity contribution is -0.00984. The highest BCUT2D eigenvalue weighted by molar-refractivity contribution is 5.86. The number of likely N-dealkylation sites (tertiary alicyclic amines) is 1. The van der Waals surface area contributed by atoms with E-state index in [2.05, 4.69) is 10.1 Å². The zero-order valence-corrected chi connectivity index (χ0v) is 11.0. The number of rotatable bonds is 5. The molecule has 1 fully saturated rings. The predicted molar refractivity (Wildman–Crippen MR) is 66.5 cm³/mol. The van der Waals surface area contributed by atoms with Crippen molar-refractivity contribution in [1.29, 1.82) is 0 Å². The molecule has 17 heavy (non-hydrogen) atoms. The molecular weight excluding hydrogens is 220 g/mol. The van der Waals surface area contributed by atoms with Crippen LogP contribution in [0.25, 0.3) is 0 Å². The van der Waals surface area contributed by atoms with Gasteiger partial charge in [-0.05, 0) is 13.8 Å². The van der Waals surface area contributed by atoms with Crippen LogP contribution in [0, 0.1) is 5.92 Å². The third-order valence-corrected chi connectivity index (χ3v) is 3.00. The fourth-order valence-electron chi connectivity index (χ4n) is 2.07. The molecule has 0 spiro atoms. The van der Waals surface area contributed by atoms with Crippen molar-refractivity contribution >= 4 is 5.71 Å². The molecule has 0 saturated carbocycles. The van der Waals surface area contributed by atoms with Gasteiger partial charge in [-0.15, -0.1) is 0 Å². The first-order valence-corrected chi connectivity index (χ1v) is 6.25. The molecule has 0 amide bonds. The summed E-state index contributed by atoms with van der Waals surface area (Å²) in [5, 5.41) is 21.9. The van der Waals surface area contributed by atoms with E-state index in [-0.39, 0.29) is 12.0 Å². The molecule has 1 heterocycles. The average molecular weight is 244 g/mol. The third-order valence-electron chi connectivity index (χ3n) is 3.00. The summed E-state index contributed by atoms with van der Waals surface area (Å²) in [6, 6.07) is 0. The molecule has 2 N–H and O–H groups in total. The summed E-state index contributed by atoms with van der Waals surface area (Å²) < 4.78 is 5.37. The summed E-state index contributed by atoms with van der Waals surface area (Å²) in [7, 11) is 0. The highest BCUT2D eigenvalue weighted by Crippen LogP contribution is 2.14. The van der Waals surface area contributed by atoms with Gasteiger partial charge in [0.1, 0.15) is 0 Å². The lowest BCUT2D eigenvalue weighted by atomic mass is 9.97. The van der Waals surface area contributed by atoms with Gasteiger partial charge in [-0.25, -0.2) is 0 Å². The molecule has 5 heteroatoms. The molecule has 5 nitrogen and oxygen atoms in total. The van der Waals surface area contributed by atoms with Crippen molar-refractivity contribution in [2.24, 2.45) is 11.1 Å². The molecule has 0 radical (unpaired) electrons. The molecule has 0 bridgehead atoms. The normalized spacial score (nSPS) is 26.6. The van der Waals surface area contributed by atoms with E-state index in [4.69, 9.17) is 9.94 Å². The minimum Gasteiger partial charge on any atom is -0.411 e. The lowest BCUT2D eigenvalue weighted by Crippen LogP contribution is -2.44. The quantitative estimate of drug-likeness (QED) is 0.558. The van der Waals surface area contributed by atoms with E-state index >= 15 is 0 Å². The lowest BCUT2D eigenvalue weighted by Gasteiger charge is -2.32. The second kappa shape index (κ2) is 6.93. The molecule has 1 rings (SSSR count). The summed E-state index contributed by atoms with van der Waals surface area (Å²) in [5.41, 5.74) is 0.856. The Hall–Kier alpha value is -0.650. The van der Waals surface area contributed by atoms with Crippen LogP contribution in [0.4, 0.5) is 0 Å². The first kappa shape index (κ1) is 14.4. The van der Waals surface area contributed by atoms with Gasteiger partial charge in [-0.3, -0.25) is 4.90 Å². The Labute approximate surface area is 103 Å². The Morgan fingerprint density at radius 2 is 2.24 bits per heavy atom. The number of ether oxygens (including phenoxy) is 1. The minimum atomic E-state index is -0.447. The molecule has 0 aromatic carbocycles. The van der Waals surface area contributed by atoms with Crippen molar-refractivity contribution in [2.75, 3.05) is 26.2 Å². The number of nitrogens with zero attached hydrogens (tertiary/aromatic N) is 2. The van der Waals surface area contributed by atoms with E-state index in [0.29, 0.717) is 13.2 Å². The topological polar surface area (TPSA) is 65.3 Å². The van der Waals surface area contributed by atoms with Crippen LogP contribution in [0.3, 0.4) is 0 Å². The fraction of sp³-hybridized carbons (Fsp3) is 0.917. The van der Waals surface area contributed by atoms with Crippen LogP contribution in [0.15, 0.2) is 5.16 Å². The number of hydrogen-bond acceptors (Lipinski definition) is 5. The Morgan fingerprint density at radius 3 is 2.76 bits per heavy atom. The maximum atomic E-state index is 9.81. The summed E-state index contributed by atoms with van der Waals surface area (Å²) in [5.74, 6) is 0.256. The van der Waals surface area contributed by atoms with E-state index in [9.17, 15) is 5.11 Å². The number of hydrogen-bond donors (Lipinski definition) is 2. The maximum absolute atomic E-state index is 9.81. The second-order valence-electron chi connectivity index (χ2n) is 5.04. The molecule has 100 valence electrons. The van der Waals surface area contributed by atoms with Gasteiger partial charge in [-0.2, -0.15) is 0 Å². The van der Waals surface area contributed by atoms with E-state index < -0.39 is 6.10 Å². The third kappa shape index (κ3) is 5.02. The van der Waals surface area contributed by atoms with Crippen LogP contribution < -0.4 is 0 Å². The van der Waals surface area contributed by atoms with E-state index in [1.54, 1.807) is 0 Å². The van der Waals surface area contributed by atoms with E-state index in [1.165, 1.54) is 0 Å². The van der Waals surface area contributed by atoms with Crippen molar-refractivity contribution in [3.05, 3.63) is 0 Å². The van der Waals surface area contributed by atoms with Gasteiger partial charge in [0.05, 0.1) is 24.5 Å². The average Bonchev–Trinajstić information content (AvgIpc) is 2.26. The molecule has 1 aliphatic heterocycles. The van der Waals surface area contributed by atoms with Gasteiger partial charge >= 0.3 is 0 Å². The molecular formula is C12H24N2O3. The molecule has 0 aromatic heterocycles. The van der Waals surface area contributed by atoms with Crippen molar-refractivity contribution in [1.82, 2.24) is 4.90 Å². The van der Waals surface area contributed by atoms with Gasteiger partial charge in [-0.1, -0.05) is 12.1 Å². The van der Waals surface area contributed by atoms with Gasteiger partial charge in [0, 0.05) is 32.0 Å². The van der Waals surface area contributed by atoms with E-state index in [1.807, 2.05) is 20.8 Å². The minimum absolute atomic E-state index is 0.151. The van der Waals surface area contributed by atoms with Crippen molar-refractivity contribution in [3.8, 4) is 0 Å². The predicted octanol–water partition coefficient (Wildman–Crippen LogP) is 0.944. The van der Waals surface area contributed by atoms with Crippen molar-refractivity contribution in [3.63, 3.8) is 0 Å². The highest BCUT2D eigenvalue weighted by atomic mass is 16.5. The number of aliphatic hydroxyl groups is 1. The molecule has 1 saturated heterocycles. The monoisotopic (exact) mass is 244 g/mol. The Balaban J connectivity index is 2.28. The number of piperidine rings is 1. The summed E-state index contributed by atoms with van der Waals surface area (Å²) in [4.78, 5) is 2.19. The first-order chi connectivity index (χ1) is 8.02. The van der Waals surface area contributed by atoms with Gasteiger partial charge in [0.15, 0.2) is 0 Å². The SMILES string of the molecule is CC(C)OCC(O)CN1CCC(=NO)C(C)C1. The van der Waals surface area contributed by atoms with Crippen LogP contribution in [0.5, 0.6) is 0 Å². The van der Waals surface area contributed by atoms with Crippen LogP contribution in [0.1, 0.15) is 27.2 Å². The van der Waals surface area contributed by atoms with Crippen LogP contribution in [-0.4, -0.2) is 59.4 Å². The Morgan fingerprint density at radius 1 is 1.53 bits per heavy atom. The standard InChI is InChI=1S/C12H24N2O3/c1-9(2)17-8-11(15)7-14-5-4-12(13-16)10(3)6-14/h9-11,15-16H,4-8H2,1-3H3. The number of β-amino-alcohol motifs (C(OH)–C–C–N with tert-alkyl or cyclic N) is 1. The van der Waals surface area contributed by atoms with Crippen molar-refractivity contribution < 1.29 is 15.1 Å². The summed E-state index contributed by atoms with van der Waals surface area (Å²) in [6.07, 6.45) is 0.477. The number of aliphatic hydroxyl groups excluding tert-OH is 1. The van der Waals surface area contributed by atoms with Gasteiger partial charge in [0.25, 0.3) is 0 Å². The van der Waals surface area contributed by atoms with Gasteiger partial charge < -0.3 is 15.1 Å². The number of oxime groups is 1. The molecule has 1 aliphatic rings. The van der Waals surface area contributed by atoms with Gasteiger partial charge in [0.2, 0.25) is 0 Å². The fourth-order valence-corrected chi connectivity index (χ4v) is 2.07. The van der Waals surface area contributed by atoms with E-state index in [0.717, 1.165) is 25.2 Å². The molecule has 0 aliphatic carbocycles. The molecule has 2 atom stereocenters. The highest BCUT2D eigenvalue weighted by Gasteiger charge is 2.23. The summed E-state index contributed by atoms with van der Waals surface area (Å²) in [6.45, 7) is 8.62. The Bertz CT molecular complexity index is 256. The molecule has 0 aromatic rings. The second-order valence-corrected chi connectivity index (χ2v) is 5.04. The zero-order chi connectivity index (χ0) is 12.8. The van der Waals surface area contributed by atoms with Crippen LogP contribution in [-0.2, 0) is 4.74 Å². The maximum Gasteiger partial charge on any atom is 0.0900 e. The van der Waals surface area contributed by atoms with Crippen molar-refractivity contribution in [2.45, 2.75) is 39.4 Å². The zero-order valence-electron chi connectivity index (χ0n) is 11.0. The largest absolute Gasteiger partial charge is 0.411 e. The first-order valence-electron chi connectivity index (χ1n) is 6.25. The Kier molecular flexibility index (Phi) is 5.88. The smallest absolute Gasteiger partial charge is 0.0900 e.